The van der Waals surface area contributed by atoms with Gasteiger partial charge in [0.05, 0.1) is 30.3 Å². The van der Waals surface area contributed by atoms with Crippen LogP contribution in [0.1, 0.15) is 10.4 Å². The van der Waals surface area contributed by atoms with Gasteiger partial charge < -0.3 is 20.5 Å². The van der Waals surface area contributed by atoms with Crippen LogP contribution >= 0.6 is 23.2 Å². The molecule has 1 atom stereocenters. The summed E-state index contributed by atoms with van der Waals surface area (Å²) in [6.45, 7) is -0.994. The maximum atomic E-state index is 11.8. The molecule has 7 nitrogen and oxygen atoms in total. The highest BCUT2D eigenvalue weighted by atomic mass is 35.5. The lowest BCUT2D eigenvalue weighted by atomic mass is 10.2. The van der Waals surface area contributed by atoms with Crippen molar-refractivity contribution >= 4 is 41.0 Å². The molecule has 0 unspecified atom stereocenters. The van der Waals surface area contributed by atoms with Gasteiger partial charge in [0.2, 0.25) is 5.91 Å². The van der Waals surface area contributed by atoms with Crippen LogP contribution in [0.15, 0.2) is 18.2 Å². The Labute approximate surface area is 136 Å². The molecule has 1 aromatic rings. The van der Waals surface area contributed by atoms with Gasteiger partial charge in [0.25, 0.3) is 5.91 Å². The maximum absolute atomic E-state index is 11.8. The van der Waals surface area contributed by atoms with E-state index < -0.39 is 30.4 Å². The van der Waals surface area contributed by atoms with Gasteiger partial charge in [-0.05, 0) is 18.2 Å². The second-order valence-electron chi connectivity index (χ2n) is 4.14. The third-order valence-corrected chi connectivity index (χ3v) is 3.33. The molecular formula is C13H14Cl2N2O5. The molecule has 0 saturated carbocycles. The van der Waals surface area contributed by atoms with E-state index in [0.717, 1.165) is 7.11 Å². The SMILES string of the molecule is COC(=O)[C@@H](CO)NC(=O)CNC(=O)c1ccc(Cl)c(Cl)c1. The van der Waals surface area contributed by atoms with E-state index in [4.69, 9.17) is 28.3 Å². The van der Waals surface area contributed by atoms with Crippen molar-refractivity contribution in [3.05, 3.63) is 33.8 Å². The van der Waals surface area contributed by atoms with Crippen molar-refractivity contribution in [3.8, 4) is 0 Å². The van der Waals surface area contributed by atoms with E-state index in [1.807, 2.05) is 0 Å². The van der Waals surface area contributed by atoms with E-state index in [9.17, 15) is 14.4 Å². The van der Waals surface area contributed by atoms with E-state index in [1.165, 1.54) is 18.2 Å². The lowest BCUT2D eigenvalue weighted by molar-refractivity contribution is -0.146. The Kier molecular flexibility index (Phi) is 7.10. The van der Waals surface area contributed by atoms with Gasteiger partial charge in [-0.2, -0.15) is 0 Å². The van der Waals surface area contributed by atoms with Crippen molar-refractivity contribution < 1.29 is 24.2 Å². The first-order chi connectivity index (χ1) is 10.4. The number of halogens is 2. The zero-order valence-electron chi connectivity index (χ0n) is 11.6. The highest BCUT2D eigenvalue weighted by Gasteiger charge is 2.20. The van der Waals surface area contributed by atoms with Gasteiger partial charge in [0.15, 0.2) is 6.04 Å². The summed E-state index contributed by atoms with van der Waals surface area (Å²) in [7, 11) is 1.13. The van der Waals surface area contributed by atoms with Gasteiger partial charge in [-0.3, -0.25) is 9.59 Å². The summed E-state index contributed by atoms with van der Waals surface area (Å²) >= 11 is 11.5. The van der Waals surface area contributed by atoms with Gasteiger partial charge in [-0.25, -0.2) is 4.79 Å². The number of rotatable bonds is 6. The summed E-state index contributed by atoms with van der Waals surface area (Å²) in [6.07, 6.45) is 0. The van der Waals surface area contributed by atoms with E-state index >= 15 is 0 Å². The summed E-state index contributed by atoms with van der Waals surface area (Å²) in [5, 5.41) is 14.0. The van der Waals surface area contributed by atoms with Crippen LogP contribution in [0, 0.1) is 0 Å². The summed E-state index contributed by atoms with van der Waals surface area (Å²) in [5.41, 5.74) is 0.230. The number of aliphatic hydroxyl groups excluding tert-OH is 1. The largest absolute Gasteiger partial charge is 0.467 e. The van der Waals surface area contributed by atoms with E-state index in [2.05, 4.69) is 15.4 Å². The molecule has 1 aromatic carbocycles. The molecule has 1 rings (SSSR count). The summed E-state index contributed by atoms with van der Waals surface area (Å²) in [4.78, 5) is 34.6. The van der Waals surface area contributed by atoms with Crippen molar-refractivity contribution in [1.82, 2.24) is 10.6 Å². The number of hydrogen-bond acceptors (Lipinski definition) is 5. The molecule has 120 valence electrons. The Bertz CT molecular complexity index is 580. The molecule has 0 radical (unpaired) electrons. The lowest BCUT2D eigenvalue weighted by Crippen LogP contribution is -2.47. The van der Waals surface area contributed by atoms with Gasteiger partial charge in [-0.1, -0.05) is 23.2 Å². The minimum Gasteiger partial charge on any atom is -0.467 e. The number of nitrogens with one attached hydrogen (secondary N) is 2. The summed E-state index contributed by atoms with van der Waals surface area (Å²) < 4.78 is 4.40. The third kappa shape index (κ3) is 5.18. The predicted octanol–water partition coefficient (Wildman–Crippen LogP) is 0.373. The minimum atomic E-state index is -1.18. The molecule has 9 heteroatoms. The number of esters is 1. The molecule has 0 bridgehead atoms. The van der Waals surface area contributed by atoms with Crippen LogP contribution in [0.4, 0.5) is 0 Å². The van der Waals surface area contributed by atoms with Gasteiger partial charge in [-0.15, -0.1) is 0 Å². The molecule has 0 aliphatic rings. The smallest absolute Gasteiger partial charge is 0.330 e. The lowest BCUT2D eigenvalue weighted by Gasteiger charge is -2.14. The quantitative estimate of drug-likeness (QED) is 0.644. The topological polar surface area (TPSA) is 105 Å². The van der Waals surface area contributed by atoms with Crippen LogP contribution < -0.4 is 10.6 Å². The Hall–Kier alpha value is -1.83. The number of hydrogen-bond donors (Lipinski definition) is 3. The Morgan fingerprint density at radius 1 is 1.27 bits per heavy atom. The van der Waals surface area contributed by atoms with Crippen molar-refractivity contribution in [1.29, 1.82) is 0 Å². The number of amides is 2. The average molecular weight is 349 g/mol. The Morgan fingerprint density at radius 2 is 1.95 bits per heavy atom. The van der Waals surface area contributed by atoms with Gasteiger partial charge in [0.1, 0.15) is 0 Å². The van der Waals surface area contributed by atoms with E-state index in [0.29, 0.717) is 5.02 Å². The molecule has 3 N–H and O–H groups in total. The van der Waals surface area contributed by atoms with Crippen molar-refractivity contribution in [2.24, 2.45) is 0 Å². The zero-order chi connectivity index (χ0) is 16.7. The summed E-state index contributed by atoms with van der Waals surface area (Å²) in [5.74, 6) is -1.98. The number of ether oxygens (including phenoxy) is 1. The molecule has 0 aliphatic heterocycles. The number of carbonyl (C=O) groups excluding carboxylic acids is 3. The standard InChI is InChI=1S/C13H14Cl2N2O5/c1-22-13(21)10(6-18)17-11(19)5-16-12(20)7-2-3-8(14)9(15)4-7/h2-4,10,18H,5-6H2,1H3,(H,16,20)(H,17,19)/t10-/m1/s1. The molecule has 0 aromatic heterocycles. The number of methoxy groups -OCH3 is 1. The fourth-order valence-electron chi connectivity index (χ4n) is 1.47. The highest BCUT2D eigenvalue weighted by Crippen LogP contribution is 2.22. The normalized spacial score (nSPS) is 11.5. The van der Waals surface area contributed by atoms with Crippen LogP contribution in [0.5, 0.6) is 0 Å². The maximum Gasteiger partial charge on any atom is 0.330 e. The van der Waals surface area contributed by atoms with Crippen LogP contribution in [-0.4, -0.2) is 49.2 Å². The average Bonchev–Trinajstić information content (AvgIpc) is 2.52. The molecule has 0 fully saturated rings. The van der Waals surface area contributed by atoms with Gasteiger partial charge in [0, 0.05) is 5.56 Å². The van der Waals surface area contributed by atoms with Crippen molar-refractivity contribution in [2.45, 2.75) is 6.04 Å². The predicted molar refractivity (Wildman–Crippen MR) is 79.8 cm³/mol. The molecule has 22 heavy (non-hydrogen) atoms. The first kappa shape index (κ1) is 18.2. The highest BCUT2D eigenvalue weighted by molar-refractivity contribution is 6.42. The Balaban J connectivity index is 2.54. The van der Waals surface area contributed by atoms with E-state index in [-0.39, 0.29) is 17.1 Å². The number of benzene rings is 1. The second kappa shape index (κ2) is 8.57. The van der Waals surface area contributed by atoms with Crippen LogP contribution in [-0.2, 0) is 14.3 Å². The number of carbonyl (C=O) groups is 3. The van der Waals surface area contributed by atoms with Gasteiger partial charge >= 0.3 is 5.97 Å². The number of aliphatic hydroxyl groups is 1. The molecule has 0 aliphatic carbocycles. The monoisotopic (exact) mass is 348 g/mol. The van der Waals surface area contributed by atoms with Crippen LogP contribution in [0.3, 0.4) is 0 Å². The molecular weight excluding hydrogens is 335 g/mol. The van der Waals surface area contributed by atoms with Crippen LogP contribution in [0.2, 0.25) is 10.0 Å². The van der Waals surface area contributed by atoms with E-state index in [1.54, 1.807) is 0 Å². The fraction of sp³-hybridized carbons (Fsp3) is 0.308. The molecule has 2 amide bonds. The van der Waals surface area contributed by atoms with Crippen molar-refractivity contribution in [2.75, 3.05) is 20.3 Å². The third-order valence-electron chi connectivity index (χ3n) is 2.59. The molecule has 0 saturated heterocycles. The zero-order valence-corrected chi connectivity index (χ0v) is 13.1. The first-order valence-corrected chi connectivity index (χ1v) is 6.86. The van der Waals surface area contributed by atoms with Crippen LogP contribution in [0.25, 0.3) is 0 Å². The fourth-order valence-corrected chi connectivity index (χ4v) is 1.76. The molecule has 0 heterocycles. The Morgan fingerprint density at radius 3 is 2.50 bits per heavy atom. The van der Waals surface area contributed by atoms with Crippen molar-refractivity contribution in [3.63, 3.8) is 0 Å². The molecule has 0 spiro atoms. The first-order valence-electron chi connectivity index (χ1n) is 6.10. The minimum absolute atomic E-state index is 0.213. The summed E-state index contributed by atoms with van der Waals surface area (Å²) in [6, 6.07) is 3.09. The second-order valence-corrected chi connectivity index (χ2v) is 4.95.